The van der Waals surface area contributed by atoms with Crippen LogP contribution in [-0.4, -0.2) is 15.8 Å². The van der Waals surface area contributed by atoms with Crippen LogP contribution in [0.15, 0.2) is 70.6 Å². The lowest BCUT2D eigenvalue weighted by Gasteiger charge is -2.12. The van der Waals surface area contributed by atoms with Crippen LogP contribution in [0.4, 0.5) is 4.39 Å². The van der Waals surface area contributed by atoms with Crippen LogP contribution < -0.4 is 5.56 Å². The average molecular weight is 312 g/mol. The van der Waals surface area contributed by atoms with Crippen LogP contribution in [0.1, 0.15) is 0 Å². The molecule has 0 radical (unpaired) electrons. The standard InChI is InChI=1S/C17H13FN2OS/c1-22-17-19-15(12-6-3-2-4-7-12)11-16(21)20(17)14-9-5-8-13(18)10-14/h2-11H,1H3. The van der Waals surface area contributed by atoms with Crippen molar-refractivity contribution < 1.29 is 4.39 Å². The Morgan fingerprint density at radius 3 is 2.50 bits per heavy atom. The molecule has 0 unspecified atom stereocenters. The molecular formula is C17H13FN2OS. The van der Waals surface area contributed by atoms with Crippen LogP contribution in [0.5, 0.6) is 0 Å². The molecule has 0 aliphatic carbocycles. The fraction of sp³-hybridized carbons (Fsp3) is 0.0588. The summed E-state index contributed by atoms with van der Waals surface area (Å²) in [7, 11) is 0. The van der Waals surface area contributed by atoms with Gasteiger partial charge in [-0.2, -0.15) is 0 Å². The first-order valence-electron chi connectivity index (χ1n) is 6.68. The number of halogens is 1. The maximum absolute atomic E-state index is 13.4. The second kappa shape index (κ2) is 6.15. The lowest BCUT2D eigenvalue weighted by molar-refractivity contribution is 0.625. The van der Waals surface area contributed by atoms with E-state index in [1.165, 1.54) is 34.5 Å². The SMILES string of the molecule is CSc1nc(-c2ccccc2)cc(=O)n1-c1cccc(F)c1. The van der Waals surface area contributed by atoms with Gasteiger partial charge in [0.25, 0.3) is 5.56 Å². The summed E-state index contributed by atoms with van der Waals surface area (Å²) in [4.78, 5) is 17.0. The van der Waals surface area contributed by atoms with Gasteiger partial charge in [-0.05, 0) is 24.5 Å². The smallest absolute Gasteiger partial charge is 0.259 e. The predicted octanol–water partition coefficient (Wildman–Crippen LogP) is 3.76. The van der Waals surface area contributed by atoms with Gasteiger partial charge in [0.2, 0.25) is 0 Å². The molecule has 0 saturated carbocycles. The molecule has 1 aromatic heterocycles. The lowest BCUT2D eigenvalue weighted by atomic mass is 10.1. The number of hydrogen-bond donors (Lipinski definition) is 0. The molecule has 0 bridgehead atoms. The fourth-order valence-electron chi connectivity index (χ4n) is 2.21. The lowest BCUT2D eigenvalue weighted by Crippen LogP contribution is -2.21. The third-order valence-electron chi connectivity index (χ3n) is 3.21. The molecule has 0 saturated heterocycles. The second-order valence-electron chi connectivity index (χ2n) is 4.65. The summed E-state index contributed by atoms with van der Waals surface area (Å²) in [5, 5.41) is 0.525. The number of nitrogens with zero attached hydrogens (tertiary/aromatic N) is 2. The third-order valence-corrected chi connectivity index (χ3v) is 3.85. The predicted molar refractivity (Wildman–Crippen MR) is 87.0 cm³/mol. The highest BCUT2D eigenvalue weighted by atomic mass is 32.2. The van der Waals surface area contributed by atoms with E-state index in [1.807, 2.05) is 36.6 Å². The van der Waals surface area contributed by atoms with E-state index in [4.69, 9.17) is 0 Å². The van der Waals surface area contributed by atoms with Gasteiger partial charge < -0.3 is 0 Å². The Morgan fingerprint density at radius 2 is 1.82 bits per heavy atom. The van der Waals surface area contributed by atoms with Crippen molar-refractivity contribution in [1.29, 1.82) is 0 Å². The summed E-state index contributed by atoms with van der Waals surface area (Å²) in [5.41, 5.74) is 1.73. The minimum Gasteiger partial charge on any atom is -0.269 e. The molecule has 1 heterocycles. The van der Waals surface area contributed by atoms with E-state index in [2.05, 4.69) is 4.98 Å². The van der Waals surface area contributed by atoms with Crippen LogP contribution in [0.3, 0.4) is 0 Å². The first-order chi connectivity index (χ1) is 10.7. The summed E-state index contributed by atoms with van der Waals surface area (Å²) in [5.74, 6) is -0.386. The molecule has 110 valence electrons. The molecule has 0 aliphatic heterocycles. The highest BCUT2D eigenvalue weighted by molar-refractivity contribution is 7.98. The molecule has 0 amide bonds. The van der Waals surface area contributed by atoms with Gasteiger partial charge in [-0.3, -0.25) is 9.36 Å². The van der Waals surface area contributed by atoms with Crippen molar-refractivity contribution in [3.05, 3.63) is 76.8 Å². The number of aromatic nitrogens is 2. The van der Waals surface area contributed by atoms with Gasteiger partial charge in [0.15, 0.2) is 5.16 Å². The van der Waals surface area contributed by atoms with E-state index in [9.17, 15) is 9.18 Å². The Hall–Kier alpha value is -2.40. The molecular weight excluding hydrogens is 299 g/mol. The maximum atomic E-state index is 13.4. The van der Waals surface area contributed by atoms with Crippen molar-refractivity contribution in [1.82, 2.24) is 9.55 Å². The zero-order valence-corrected chi connectivity index (χ0v) is 12.7. The van der Waals surface area contributed by atoms with Crippen LogP contribution >= 0.6 is 11.8 Å². The van der Waals surface area contributed by atoms with E-state index in [-0.39, 0.29) is 11.4 Å². The van der Waals surface area contributed by atoms with Crippen molar-refractivity contribution in [2.24, 2.45) is 0 Å². The third kappa shape index (κ3) is 2.80. The van der Waals surface area contributed by atoms with Crippen molar-refractivity contribution in [3.8, 4) is 16.9 Å². The Bertz CT molecular complexity index is 862. The summed E-state index contributed by atoms with van der Waals surface area (Å²) < 4.78 is 14.8. The van der Waals surface area contributed by atoms with E-state index >= 15 is 0 Å². The highest BCUT2D eigenvalue weighted by Crippen LogP contribution is 2.21. The van der Waals surface area contributed by atoms with Crippen LogP contribution in [0.2, 0.25) is 0 Å². The van der Waals surface area contributed by atoms with Gasteiger partial charge in [-0.1, -0.05) is 48.2 Å². The summed E-state index contributed by atoms with van der Waals surface area (Å²) >= 11 is 1.35. The van der Waals surface area contributed by atoms with Gasteiger partial charge in [0, 0.05) is 11.6 Å². The first kappa shape index (κ1) is 14.5. The highest BCUT2D eigenvalue weighted by Gasteiger charge is 2.11. The van der Waals surface area contributed by atoms with Crippen LogP contribution in [0.25, 0.3) is 16.9 Å². The molecule has 0 N–H and O–H groups in total. The zero-order chi connectivity index (χ0) is 15.5. The second-order valence-corrected chi connectivity index (χ2v) is 5.42. The van der Waals surface area contributed by atoms with Gasteiger partial charge >= 0.3 is 0 Å². The van der Waals surface area contributed by atoms with Crippen molar-refractivity contribution in [2.75, 3.05) is 6.26 Å². The van der Waals surface area contributed by atoms with Crippen LogP contribution in [-0.2, 0) is 0 Å². The van der Waals surface area contributed by atoms with Gasteiger partial charge in [0.1, 0.15) is 5.82 Å². The zero-order valence-electron chi connectivity index (χ0n) is 11.9. The fourth-order valence-corrected chi connectivity index (χ4v) is 2.78. The van der Waals surface area contributed by atoms with Gasteiger partial charge in [-0.25, -0.2) is 9.37 Å². The molecule has 0 fully saturated rings. The molecule has 3 aromatic rings. The molecule has 3 rings (SSSR count). The molecule has 5 heteroatoms. The van der Waals surface area contributed by atoms with E-state index < -0.39 is 0 Å². The van der Waals surface area contributed by atoms with Crippen molar-refractivity contribution in [2.45, 2.75) is 5.16 Å². The topological polar surface area (TPSA) is 34.9 Å². The molecule has 0 spiro atoms. The molecule has 0 atom stereocenters. The number of hydrogen-bond acceptors (Lipinski definition) is 3. The van der Waals surface area contributed by atoms with Gasteiger partial charge in [0.05, 0.1) is 11.4 Å². The number of benzene rings is 2. The van der Waals surface area contributed by atoms with Crippen molar-refractivity contribution >= 4 is 11.8 Å². The van der Waals surface area contributed by atoms with E-state index in [1.54, 1.807) is 12.1 Å². The molecule has 22 heavy (non-hydrogen) atoms. The minimum atomic E-state index is -0.386. The monoisotopic (exact) mass is 312 g/mol. The Kier molecular flexibility index (Phi) is 4.06. The van der Waals surface area contributed by atoms with Crippen LogP contribution in [0, 0.1) is 5.82 Å². The first-order valence-corrected chi connectivity index (χ1v) is 7.91. The summed E-state index contributed by atoms with van der Waals surface area (Å²) in [6.45, 7) is 0. The molecule has 3 nitrogen and oxygen atoms in total. The maximum Gasteiger partial charge on any atom is 0.259 e. The quantitative estimate of drug-likeness (QED) is 0.545. The largest absolute Gasteiger partial charge is 0.269 e. The normalized spacial score (nSPS) is 10.6. The molecule has 2 aromatic carbocycles. The summed E-state index contributed by atoms with van der Waals surface area (Å²) in [6.07, 6.45) is 1.84. The molecule has 0 aliphatic rings. The Morgan fingerprint density at radius 1 is 1.05 bits per heavy atom. The van der Waals surface area contributed by atoms with Crippen molar-refractivity contribution in [3.63, 3.8) is 0 Å². The van der Waals surface area contributed by atoms with E-state index in [0.29, 0.717) is 16.5 Å². The average Bonchev–Trinajstić information content (AvgIpc) is 2.54. The minimum absolute atomic E-state index is 0.233. The van der Waals surface area contributed by atoms with Gasteiger partial charge in [-0.15, -0.1) is 0 Å². The number of thioether (sulfide) groups is 1. The Labute approximate surface area is 131 Å². The summed E-state index contributed by atoms with van der Waals surface area (Å²) in [6, 6.07) is 16.9. The van der Waals surface area contributed by atoms with E-state index in [0.717, 1.165) is 5.56 Å². The number of rotatable bonds is 3. The Balaban J connectivity index is 2.19.